The lowest BCUT2D eigenvalue weighted by molar-refractivity contribution is -0.120. The number of carbonyl (C=O) groups excluding carboxylic acids is 1. The third-order valence-corrected chi connectivity index (χ3v) is 3.79. The molecule has 0 fully saturated rings. The molecule has 0 unspecified atom stereocenters. The first-order valence-electron chi connectivity index (χ1n) is 7.95. The molecule has 0 aliphatic carbocycles. The van der Waals surface area contributed by atoms with E-state index in [4.69, 9.17) is 9.47 Å². The lowest BCUT2D eigenvalue weighted by Crippen LogP contribution is -2.21. The number of rotatable bonds is 6. The first kappa shape index (κ1) is 16.1. The van der Waals surface area contributed by atoms with Gasteiger partial charge in [-0.05, 0) is 43.0 Å². The Morgan fingerprint density at radius 1 is 1.08 bits per heavy atom. The second-order valence-corrected chi connectivity index (χ2v) is 5.73. The van der Waals surface area contributed by atoms with Gasteiger partial charge in [-0.1, -0.05) is 36.4 Å². The minimum absolute atomic E-state index is 0.108. The van der Waals surface area contributed by atoms with Crippen molar-refractivity contribution >= 4 is 11.6 Å². The van der Waals surface area contributed by atoms with Crippen LogP contribution in [0.5, 0.6) is 11.5 Å². The van der Waals surface area contributed by atoms with Gasteiger partial charge in [0, 0.05) is 5.71 Å². The number of hydrogen-bond acceptors (Lipinski definition) is 4. The molecule has 2 aromatic carbocycles. The van der Waals surface area contributed by atoms with Crippen LogP contribution in [0.2, 0.25) is 0 Å². The minimum atomic E-state index is -0.108. The van der Waals surface area contributed by atoms with Crippen LogP contribution >= 0.6 is 0 Å². The Morgan fingerprint density at radius 3 is 2.71 bits per heavy atom. The molecule has 5 heteroatoms. The number of nitrogens with one attached hydrogen (secondary N) is 1. The number of fused-ring (bicyclic) bond motifs is 1. The Bertz CT molecular complexity index is 742. The van der Waals surface area contributed by atoms with Gasteiger partial charge in [0.1, 0.15) is 0 Å². The van der Waals surface area contributed by atoms with Gasteiger partial charge in [0.15, 0.2) is 11.5 Å². The standard InChI is InChI=1S/C19H20N2O3/c1-14(20-21-19(22)12-15-5-3-2-4-6-15)7-8-16-9-10-17-18(11-16)24-13-23-17/h2-6,9-11H,7-8,12-13H2,1H3,(H,21,22)/b20-14+. The molecule has 3 rings (SSSR count). The molecule has 124 valence electrons. The maximum absolute atomic E-state index is 11.9. The van der Waals surface area contributed by atoms with Gasteiger partial charge in [-0.15, -0.1) is 0 Å². The van der Waals surface area contributed by atoms with Crippen molar-refractivity contribution in [2.75, 3.05) is 6.79 Å². The molecule has 0 spiro atoms. The summed E-state index contributed by atoms with van der Waals surface area (Å²) in [6.45, 7) is 2.20. The van der Waals surface area contributed by atoms with Crippen molar-refractivity contribution in [2.24, 2.45) is 5.10 Å². The van der Waals surface area contributed by atoms with Crippen LogP contribution in [-0.2, 0) is 17.6 Å². The molecule has 0 atom stereocenters. The van der Waals surface area contributed by atoms with Crippen molar-refractivity contribution in [1.29, 1.82) is 0 Å². The molecule has 1 aliphatic rings. The molecule has 0 bridgehead atoms. The van der Waals surface area contributed by atoms with Crippen molar-refractivity contribution in [3.05, 3.63) is 59.7 Å². The maximum atomic E-state index is 11.9. The summed E-state index contributed by atoms with van der Waals surface area (Å²) in [4.78, 5) is 11.9. The van der Waals surface area contributed by atoms with Gasteiger partial charge in [0.25, 0.3) is 0 Å². The molecule has 0 aromatic heterocycles. The molecule has 1 aliphatic heterocycles. The average molecular weight is 324 g/mol. The number of carbonyl (C=O) groups is 1. The van der Waals surface area contributed by atoms with Crippen LogP contribution in [0, 0.1) is 0 Å². The van der Waals surface area contributed by atoms with Gasteiger partial charge in [-0.25, -0.2) is 5.43 Å². The fourth-order valence-electron chi connectivity index (χ4n) is 2.46. The number of amides is 1. The molecule has 24 heavy (non-hydrogen) atoms. The zero-order chi connectivity index (χ0) is 16.8. The summed E-state index contributed by atoms with van der Waals surface area (Å²) in [5, 5.41) is 4.17. The average Bonchev–Trinajstić information content (AvgIpc) is 3.07. The smallest absolute Gasteiger partial charge is 0.244 e. The predicted octanol–water partition coefficient (Wildman–Crippen LogP) is 3.08. The molecule has 2 aromatic rings. The van der Waals surface area contributed by atoms with Crippen LogP contribution in [0.25, 0.3) is 0 Å². The third-order valence-electron chi connectivity index (χ3n) is 3.79. The topological polar surface area (TPSA) is 59.9 Å². The fourth-order valence-corrected chi connectivity index (χ4v) is 2.46. The molecule has 1 amide bonds. The van der Waals surface area contributed by atoms with Gasteiger partial charge in [0.05, 0.1) is 6.42 Å². The van der Waals surface area contributed by atoms with E-state index in [1.807, 2.05) is 55.5 Å². The molecular formula is C19H20N2O3. The predicted molar refractivity (Wildman–Crippen MR) is 92.3 cm³/mol. The lowest BCUT2D eigenvalue weighted by Gasteiger charge is -2.04. The summed E-state index contributed by atoms with van der Waals surface area (Å²) in [6, 6.07) is 15.6. The van der Waals surface area contributed by atoms with Crippen molar-refractivity contribution in [3.63, 3.8) is 0 Å². The molecule has 5 nitrogen and oxygen atoms in total. The summed E-state index contributed by atoms with van der Waals surface area (Å²) >= 11 is 0. The molecule has 0 saturated heterocycles. The van der Waals surface area contributed by atoms with E-state index in [9.17, 15) is 4.79 Å². The molecular weight excluding hydrogens is 304 g/mol. The highest BCUT2D eigenvalue weighted by Gasteiger charge is 2.13. The summed E-state index contributed by atoms with van der Waals surface area (Å²) < 4.78 is 10.7. The molecule has 1 heterocycles. The van der Waals surface area contributed by atoms with E-state index in [-0.39, 0.29) is 12.7 Å². The van der Waals surface area contributed by atoms with Crippen LogP contribution in [0.4, 0.5) is 0 Å². The first-order chi connectivity index (χ1) is 11.7. The Labute approximate surface area is 141 Å². The summed E-state index contributed by atoms with van der Waals surface area (Å²) in [7, 11) is 0. The van der Waals surface area contributed by atoms with E-state index in [0.717, 1.165) is 41.2 Å². The SMILES string of the molecule is C/C(CCc1ccc2c(c1)OCO2)=N\NC(=O)Cc1ccccc1. The van der Waals surface area contributed by atoms with Crippen LogP contribution in [0.15, 0.2) is 53.6 Å². The highest BCUT2D eigenvalue weighted by molar-refractivity contribution is 5.85. The van der Waals surface area contributed by atoms with E-state index in [1.54, 1.807) is 0 Å². The summed E-state index contributed by atoms with van der Waals surface area (Å²) in [5.74, 6) is 1.47. The van der Waals surface area contributed by atoms with E-state index < -0.39 is 0 Å². The Balaban J connectivity index is 1.47. The van der Waals surface area contributed by atoms with Gasteiger partial charge >= 0.3 is 0 Å². The number of hydrogen-bond donors (Lipinski definition) is 1. The Kier molecular flexibility index (Phi) is 5.11. The number of aryl methyl sites for hydroxylation is 1. The summed E-state index contributed by atoms with van der Waals surface area (Å²) in [6.07, 6.45) is 1.94. The second kappa shape index (κ2) is 7.64. The van der Waals surface area contributed by atoms with Crippen LogP contribution < -0.4 is 14.9 Å². The van der Waals surface area contributed by atoms with Crippen LogP contribution in [0.1, 0.15) is 24.5 Å². The summed E-state index contributed by atoms with van der Waals surface area (Å²) in [5.41, 5.74) is 5.63. The van der Waals surface area contributed by atoms with Crippen molar-refractivity contribution in [3.8, 4) is 11.5 Å². The lowest BCUT2D eigenvalue weighted by atomic mass is 10.1. The van der Waals surface area contributed by atoms with Crippen molar-refractivity contribution in [2.45, 2.75) is 26.2 Å². The van der Waals surface area contributed by atoms with Crippen molar-refractivity contribution < 1.29 is 14.3 Å². The monoisotopic (exact) mass is 324 g/mol. The van der Waals surface area contributed by atoms with Gasteiger partial charge in [-0.2, -0.15) is 5.10 Å². The number of nitrogens with zero attached hydrogens (tertiary/aromatic N) is 1. The number of hydrazone groups is 1. The van der Waals surface area contributed by atoms with Crippen LogP contribution in [0.3, 0.4) is 0 Å². The van der Waals surface area contributed by atoms with E-state index in [2.05, 4.69) is 10.5 Å². The number of benzene rings is 2. The Hall–Kier alpha value is -2.82. The van der Waals surface area contributed by atoms with Gasteiger partial charge < -0.3 is 9.47 Å². The third kappa shape index (κ3) is 4.35. The minimum Gasteiger partial charge on any atom is -0.454 e. The van der Waals surface area contributed by atoms with E-state index in [0.29, 0.717) is 6.42 Å². The van der Waals surface area contributed by atoms with Crippen LogP contribution in [-0.4, -0.2) is 18.4 Å². The van der Waals surface area contributed by atoms with Gasteiger partial charge in [0.2, 0.25) is 12.7 Å². The molecule has 0 radical (unpaired) electrons. The zero-order valence-electron chi connectivity index (χ0n) is 13.6. The maximum Gasteiger partial charge on any atom is 0.244 e. The first-order valence-corrected chi connectivity index (χ1v) is 7.95. The van der Waals surface area contributed by atoms with Crippen molar-refractivity contribution in [1.82, 2.24) is 5.43 Å². The molecule has 0 saturated carbocycles. The second-order valence-electron chi connectivity index (χ2n) is 5.73. The number of ether oxygens (including phenoxy) is 2. The zero-order valence-corrected chi connectivity index (χ0v) is 13.6. The largest absolute Gasteiger partial charge is 0.454 e. The fraction of sp³-hybridized carbons (Fsp3) is 0.263. The molecule has 1 N–H and O–H groups in total. The highest BCUT2D eigenvalue weighted by atomic mass is 16.7. The van der Waals surface area contributed by atoms with E-state index in [1.165, 1.54) is 0 Å². The normalized spacial score (nSPS) is 13.0. The van der Waals surface area contributed by atoms with Gasteiger partial charge in [-0.3, -0.25) is 4.79 Å². The quantitative estimate of drug-likeness (QED) is 0.656. The van der Waals surface area contributed by atoms with E-state index >= 15 is 0 Å². The highest BCUT2D eigenvalue weighted by Crippen LogP contribution is 2.32. The Morgan fingerprint density at radius 2 is 1.88 bits per heavy atom.